The lowest BCUT2D eigenvalue weighted by Crippen LogP contribution is -2.36. The molecule has 0 bridgehead atoms. The van der Waals surface area contributed by atoms with Crippen LogP contribution in [0.15, 0.2) is 18.2 Å². The van der Waals surface area contributed by atoms with Crippen LogP contribution in [0.3, 0.4) is 0 Å². The monoisotopic (exact) mass is 244 g/mol. The Morgan fingerprint density at radius 1 is 1.50 bits per heavy atom. The second kappa shape index (κ2) is 5.88. The van der Waals surface area contributed by atoms with Crippen LogP contribution >= 0.6 is 0 Å². The molecule has 1 saturated heterocycles. The van der Waals surface area contributed by atoms with Gasteiger partial charge in [-0.15, -0.1) is 0 Å². The molecular weight excluding hydrogens is 224 g/mol. The fourth-order valence-corrected chi connectivity index (χ4v) is 2.72. The maximum atomic E-state index is 9.23. The van der Waals surface area contributed by atoms with Gasteiger partial charge in [0.2, 0.25) is 0 Å². The number of aliphatic hydroxyl groups excluding tert-OH is 1. The fraction of sp³-hybridized carbons (Fsp3) is 0.533. The highest BCUT2D eigenvalue weighted by Crippen LogP contribution is 2.27. The second-order valence-corrected chi connectivity index (χ2v) is 5.10. The number of rotatable bonds is 3. The molecule has 1 unspecified atom stereocenters. The summed E-state index contributed by atoms with van der Waals surface area (Å²) in [4.78, 5) is 2.29. The summed E-state index contributed by atoms with van der Waals surface area (Å²) in [5.41, 5.74) is 2.93. The number of aliphatic hydroxyl groups is 1. The molecule has 0 aromatic heterocycles. The molecule has 1 aliphatic rings. The largest absolute Gasteiger partial charge is 0.396 e. The van der Waals surface area contributed by atoms with Crippen molar-refractivity contribution in [3.05, 3.63) is 29.3 Å². The van der Waals surface area contributed by atoms with Gasteiger partial charge in [-0.05, 0) is 49.8 Å². The van der Waals surface area contributed by atoms with E-state index in [1.54, 1.807) is 0 Å². The van der Waals surface area contributed by atoms with Gasteiger partial charge in [-0.1, -0.05) is 6.07 Å². The molecule has 1 aromatic carbocycles. The minimum Gasteiger partial charge on any atom is -0.396 e. The zero-order valence-corrected chi connectivity index (χ0v) is 10.9. The van der Waals surface area contributed by atoms with E-state index in [1.165, 1.54) is 6.42 Å². The number of hydrogen-bond donors (Lipinski definition) is 1. The SMILES string of the molecule is Cc1ccc(N2CCCC(CCO)C2)c(C#N)c1. The molecule has 1 aromatic rings. The lowest BCUT2D eigenvalue weighted by Gasteiger charge is -2.34. The second-order valence-electron chi connectivity index (χ2n) is 5.10. The summed E-state index contributed by atoms with van der Waals surface area (Å²) in [5.74, 6) is 0.552. The first kappa shape index (κ1) is 12.9. The zero-order valence-electron chi connectivity index (χ0n) is 10.9. The molecule has 1 N–H and O–H groups in total. The van der Waals surface area contributed by atoms with Crippen LogP contribution in [0, 0.1) is 24.2 Å². The Bertz CT molecular complexity index is 448. The molecule has 0 radical (unpaired) electrons. The van der Waals surface area contributed by atoms with Gasteiger partial charge in [0.25, 0.3) is 0 Å². The Labute approximate surface area is 109 Å². The lowest BCUT2D eigenvalue weighted by molar-refractivity contribution is 0.244. The van der Waals surface area contributed by atoms with Gasteiger partial charge in [0.05, 0.1) is 11.3 Å². The van der Waals surface area contributed by atoms with E-state index in [1.807, 2.05) is 13.0 Å². The number of piperidine rings is 1. The van der Waals surface area contributed by atoms with Crippen LogP contribution < -0.4 is 4.90 Å². The van der Waals surface area contributed by atoms with Crippen LogP contribution in [-0.2, 0) is 0 Å². The van der Waals surface area contributed by atoms with E-state index in [0.717, 1.165) is 42.7 Å². The van der Waals surface area contributed by atoms with Gasteiger partial charge in [0.1, 0.15) is 6.07 Å². The minimum absolute atomic E-state index is 0.261. The average molecular weight is 244 g/mol. The molecule has 96 valence electrons. The molecule has 0 spiro atoms. The molecular formula is C15H20N2O. The minimum atomic E-state index is 0.261. The predicted octanol–water partition coefficient (Wildman–Crippen LogP) is 2.47. The van der Waals surface area contributed by atoms with E-state index in [0.29, 0.717) is 5.92 Å². The summed E-state index contributed by atoms with van der Waals surface area (Å²) in [6.45, 7) is 4.24. The maximum Gasteiger partial charge on any atom is 0.101 e. The molecule has 3 nitrogen and oxygen atoms in total. The Kier molecular flexibility index (Phi) is 4.22. The molecule has 0 saturated carbocycles. The summed E-state index contributed by atoms with van der Waals surface area (Å²) in [5, 5.41) is 18.3. The molecule has 1 atom stereocenters. The van der Waals surface area contributed by atoms with Gasteiger partial charge in [-0.3, -0.25) is 0 Å². The summed E-state index contributed by atoms with van der Waals surface area (Å²) >= 11 is 0. The van der Waals surface area contributed by atoms with Gasteiger partial charge in [0.15, 0.2) is 0 Å². The normalized spacial score (nSPS) is 19.6. The number of aryl methyl sites for hydroxylation is 1. The van der Waals surface area contributed by atoms with Gasteiger partial charge in [-0.2, -0.15) is 5.26 Å². The van der Waals surface area contributed by atoms with E-state index in [-0.39, 0.29) is 6.61 Å². The summed E-state index contributed by atoms with van der Waals surface area (Å²) < 4.78 is 0. The fourth-order valence-electron chi connectivity index (χ4n) is 2.72. The predicted molar refractivity (Wildman–Crippen MR) is 72.5 cm³/mol. The van der Waals surface area contributed by atoms with E-state index < -0.39 is 0 Å². The van der Waals surface area contributed by atoms with Crippen molar-refractivity contribution >= 4 is 5.69 Å². The molecule has 18 heavy (non-hydrogen) atoms. The molecule has 1 aliphatic heterocycles. The number of anilines is 1. The molecule has 0 amide bonds. The van der Waals surface area contributed by atoms with Crippen molar-refractivity contribution in [2.75, 3.05) is 24.6 Å². The van der Waals surface area contributed by atoms with Crippen molar-refractivity contribution in [2.45, 2.75) is 26.2 Å². The number of benzene rings is 1. The quantitative estimate of drug-likeness (QED) is 0.888. The van der Waals surface area contributed by atoms with Crippen molar-refractivity contribution in [1.29, 1.82) is 5.26 Å². The maximum absolute atomic E-state index is 9.23. The highest BCUT2D eigenvalue weighted by Gasteiger charge is 2.21. The number of hydrogen-bond acceptors (Lipinski definition) is 3. The Hall–Kier alpha value is -1.53. The summed E-state index contributed by atoms with van der Waals surface area (Å²) in [6.07, 6.45) is 3.19. The molecule has 1 fully saturated rings. The van der Waals surface area contributed by atoms with Crippen molar-refractivity contribution < 1.29 is 5.11 Å². The molecule has 0 aliphatic carbocycles. The van der Waals surface area contributed by atoms with Crippen LogP contribution in [-0.4, -0.2) is 24.8 Å². The Balaban J connectivity index is 2.18. The summed E-state index contributed by atoms with van der Waals surface area (Å²) in [6, 6.07) is 8.35. The molecule has 2 rings (SSSR count). The lowest BCUT2D eigenvalue weighted by atomic mass is 9.94. The smallest absolute Gasteiger partial charge is 0.101 e. The van der Waals surface area contributed by atoms with Crippen LogP contribution in [0.25, 0.3) is 0 Å². The Morgan fingerprint density at radius 3 is 3.06 bits per heavy atom. The standard InChI is InChI=1S/C15H20N2O/c1-12-4-5-15(14(9-12)10-16)17-7-2-3-13(11-17)6-8-18/h4-5,9,13,18H,2-3,6-8,11H2,1H3. The van der Waals surface area contributed by atoms with Gasteiger partial charge >= 0.3 is 0 Å². The first-order valence-corrected chi connectivity index (χ1v) is 6.61. The Morgan fingerprint density at radius 2 is 2.33 bits per heavy atom. The van der Waals surface area contributed by atoms with Gasteiger partial charge in [0, 0.05) is 19.7 Å². The van der Waals surface area contributed by atoms with Crippen molar-refractivity contribution in [1.82, 2.24) is 0 Å². The third-order valence-corrected chi connectivity index (χ3v) is 3.67. The highest BCUT2D eigenvalue weighted by atomic mass is 16.3. The first-order chi connectivity index (χ1) is 8.74. The van der Waals surface area contributed by atoms with E-state index in [2.05, 4.69) is 23.1 Å². The number of nitrogens with zero attached hydrogens (tertiary/aromatic N) is 2. The van der Waals surface area contributed by atoms with E-state index >= 15 is 0 Å². The first-order valence-electron chi connectivity index (χ1n) is 6.61. The van der Waals surface area contributed by atoms with Crippen LogP contribution in [0.5, 0.6) is 0 Å². The average Bonchev–Trinajstić information content (AvgIpc) is 2.39. The third-order valence-electron chi connectivity index (χ3n) is 3.67. The van der Waals surface area contributed by atoms with Crippen LogP contribution in [0.4, 0.5) is 5.69 Å². The molecule has 3 heteroatoms. The van der Waals surface area contributed by atoms with Crippen LogP contribution in [0.2, 0.25) is 0 Å². The van der Waals surface area contributed by atoms with Crippen molar-refractivity contribution in [3.8, 4) is 6.07 Å². The summed E-state index contributed by atoms with van der Waals surface area (Å²) in [7, 11) is 0. The van der Waals surface area contributed by atoms with Crippen molar-refractivity contribution in [2.24, 2.45) is 5.92 Å². The highest BCUT2D eigenvalue weighted by molar-refractivity contribution is 5.60. The topological polar surface area (TPSA) is 47.3 Å². The zero-order chi connectivity index (χ0) is 13.0. The van der Waals surface area contributed by atoms with Gasteiger partial charge in [-0.25, -0.2) is 0 Å². The third kappa shape index (κ3) is 2.83. The number of nitriles is 1. The van der Waals surface area contributed by atoms with Crippen LogP contribution in [0.1, 0.15) is 30.4 Å². The van der Waals surface area contributed by atoms with Crippen molar-refractivity contribution in [3.63, 3.8) is 0 Å². The van der Waals surface area contributed by atoms with E-state index in [9.17, 15) is 5.26 Å². The molecule has 1 heterocycles. The van der Waals surface area contributed by atoms with Gasteiger partial charge < -0.3 is 10.0 Å². The van der Waals surface area contributed by atoms with E-state index in [4.69, 9.17) is 5.11 Å².